The normalized spacial score (nSPS) is 13.9. The molecule has 0 atom stereocenters. The van der Waals surface area contributed by atoms with Gasteiger partial charge in [-0.2, -0.15) is 0 Å². The first-order valence-electron chi connectivity index (χ1n) is 8.21. The van der Waals surface area contributed by atoms with Crippen molar-refractivity contribution in [1.82, 2.24) is 0 Å². The number of hydrogen-bond donors (Lipinski definition) is 0. The Bertz CT molecular complexity index is 249. The molecule has 0 aromatic carbocycles. The fourth-order valence-electron chi connectivity index (χ4n) is 4.00. The Morgan fingerprint density at radius 2 is 0.545 bits per heavy atom. The average Bonchev–Trinajstić information content (AvgIpc) is 2.02. The number of rotatable bonds is 7. The van der Waals surface area contributed by atoms with E-state index in [1.807, 2.05) is 0 Å². The van der Waals surface area contributed by atoms with Gasteiger partial charge in [-0.05, 0) is 0 Å². The minimum atomic E-state index is -0.896. The first-order chi connectivity index (χ1) is 8.47. The maximum absolute atomic E-state index is 2.66. The van der Waals surface area contributed by atoms with Gasteiger partial charge >= 0.3 is 103 Å². The molecule has 0 fully saturated rings. The van der Waals surface area contributed by atoms with E-state index in [0.29, 0.717) is 0 Å². The maximum Gasteiger partial charge on any atom is 1.00 e. The van der Waals surface area contributed by atoms with Gasteiger partial charge < -0.3 is 0 Å². The van der Waals surface area contributed by atoms with Crippen molar-refractivity contribution in [2.24, 2.45) is 0 Å². The molecule has 0 rings (SSSR count). The van der Waals surface area contributed by atoms with E-state index in [1.165, 1.54) is 0 Å². The molecule has 122 valence electrons. The predicted molar refractivity (Wildman–Crippen MR) is 115 cm³/mol. The molecule has 0 bridgehead atoms. The van der Waals surface area contributed by atoms with E-state index in [9.17, 15) is 0 Å². The molecule has 0 aliphatic heterocycles. The molecule has 0 aliphatic carbocycles. The summed E-state index contributed by atoms with van der Waals surface area (Å²) in [6, 6.07) is 3.36. The Balaban J connectivity index is -0.00000180. The second kappa shape index (κ2) is 11.5. The quantitative estimate of drug-likeness (QED) is 0.461. The summed E-state index contributed by atoms with van der Waals surface area (Å²) in [7, 11) is -3.67. The van der Waals surface area contributed by atoms with Crippen molar-refractivity contribution in [2.45, 2.75) is 90.7 Å². The van der Waals surface area contributed by atoms with E-state index >= 15 is 0 Å². The van der Waals surface area contributed by atoms with Gasteiger partial charge in [0.05, 0.1) is 0 Å². The molecule has 0 heterocycles. The van der Waals surface area contributed by atoms with Crippen molar-refractivity contribution < 1.29 is 103 Å². The second-order valence-electron chi connectivity index (χ2n) is 10.5. The summed E-state index contributed by atoms with van der Waals surface area (Å²) in [4.78, 5) is 0. The molecule has 22 heavy (non-hydrogen) atoms. The maximum atomic E-state index is 2.66. The van der Waals surface area contributed by atoms with E-state index in [4.69, 9.17) is 0 Å². The Labute approximate surface area is 234 Å². The number of hydrogen-bond acceptors (Lipinski definition) is 0. The van der Waals surface area contributed by atoms with Crippen LogP contribution >= 0.6 is 0 Å². The minimum absolute atomic E-state index is 0. The van der Waals surface area contributed by atoms with Crippen molar-refractivity contribution in [3.8, 4) is 0 Å². The van der Waals surface area contributed by atoms with Gasteiger partial charge in [-0.25, -0.2) is 12.1 Å². The van der Waals surface area contributed by atoms with Crippen LogP contribution in [0.2, 0.25) is 90.7 Å². The van der Waals surface area contributed by atoms with E-state index < -0.39 is 30.4 Å². The fourth-order valence-corrected chi connectivity index (χ4v) is 81.0. The van der Waals surface area contributed by atoms with Crippen molar-refractivity contribution in [1.29, 1.82) is 0 Å². The summed E-state index contributed by atoms with van der Waals surface area (Å²) in [6.07, 6.45) is 0. The summed E-state index contributed by atoms with van der Waals surface area (Å²) in [5, 5.41) is 0. The molecule has 0 saturated heterocycles. The predicted octanol–water partition coefficient (Wildman–Crippen LogP) is -0.350. The third kappa shape index (κ3) is 12.1. The van der Waals surface area contributed by atoms with Crippen LogP contribution in [0.4, 0.5) is 0 Å². The zero-order valence-corrected chi connectivity index (χ0v) is 30.7. The first kappa shape index (κ1) is 31.3. The Morgan fingerprint density at radius 1 is 0.409 bits per heavy atom. The van der Waals surface area contributed by atoms with E-state index in [2.05, 4.69) is 78.6 Å². The van der Waals surface area contributed by atoms with Crippen molar-refractivity contribution in [3.63, 3.8) is 0 Å². The molecular formula is C14H40K2Si6. The third-order valence-corrected chi connectivity index (χ3v) is 65.2. The van der Waals surface area contributed by atoms with Gasteiger partial charge in [-0.15, -0.1) is 30.4 Å². The molecular weight excluding hydrogens is 415 g/mol. The van der Waals surface area contributed by atoms with Crippen LogP contribution < -0.4 is 103 Å². The fraction of sp³-hybridized carbons (Fsp3) is 1.00. The van der Waals surface area contributed by atoms with Crippen LogP contribution in [-0.4, -0.2) is 46.0 Å². The second-order valence-corrected chi connectivity index (χ2v) is 59.6. The third-order valence-electron chi connectivity index (χ3n) is 4.25. The Hall–Kier alpha value is 4.57. The van der Waals surface area contributed by atoms with Gasteiger partial charge in [0.1, 0.15) is 0 Å². The summed E-state index contributed by atoms with van der Waals surface area (Å²) >= 11 is 0. The largest absolute Gasteiger partial charge is 1.00 e. The van der Waals surface area contributed by atoms with Crippen LogP contribution in [0.3, 0.4) is 0 Å². The molecule has 0 N–H and O–H groups in total. The molecule has 0 radical (unpaired) electrons. The summed E-state index contributed by atoms with van der Waals surface area (Å²) in [6.45, 7) is 31.9. The van der Waals surface area contributed by atoms with Gasteiger partial charge in [0, 0.05) is 0 Å². The van der Waals surface area contributed by atoms with Crippen LogP contribution in [0, 0.1) is 0 Å². The van der Waals surface area contributed by atoms with Crippen molar-refractivity contribution >= 4 is 46.0 Å². The molecule has 0 unspecified atom stereocenters. The summed E-state index contributed by atoms with van der Waals surface area (Å²) in [5.41, 5.74) is 0. The summed E-state index contributed by atoms with van der Waals surface area (Å²) in [5.74, 6) is 0. The zero-order chi connectivity index (χ0) is 16.6. The average molecular weight is 455 g/mol. The smallest absolute Gasteiger partial charge is 0.258 e. The van der Waals surface area contributed by atoms with E-state index in [-0.39, 0.29) is 118 Å². The molecule has 0 aromatic heterocycles. The van der Waals surface area contributed by atoms with Crippen molar-refractivity contribution in [2.75, 3.05) is 0 Å². The standard InChI is InChI=1S/C14H40Si6.2K/c1-17(2,3)15(18(4,5)6)13-14-16(19(7,8)9)20(10,11)12;;/h13-14H2,1-12H3;;/q-2;2*+1. The molecule has 0 nitrogen and oxygen atoms in total. The topological polar surface area (TPSA) is 0 Å². The Morgan fingerprint density at radius 3 is 0.636 bits per heavy atom. The monoisotopic (exact) mass is 454 g/mol. The van der Waals surface area contributed by atoms with E-state index in [0.717, 1.165) is 0 Å². The SMILES string of the molecule is C[Si](C)(C)[Si-](CC[Si-]([Si](C)(C)C)[Si](C)(C)C)[Si](C)(C)C.[K+].[K+]. The first-order valence-corrected chi connectivity index (χ1v) is 29.6. The molecule has 8 heteroatoms. The molecule has 0 aromatic rings. The van der Waals surface area contributed by atoms with Crippen LogP contribution in [-0.2, 0) is 0 Å². The molecule has 0 spiro atoms. The zero-order valence-electron chi connectivity index (χ0n) is 18.4. The summed E-state index contributed by atoms with van der Waals surface area (Å²) < 4.78 is 0. The van der Waals surface area contributed by atoms with Gasteiger partial charge in [0.2, 0.25) is 0 Å². The van der Waals surface area contributed by atoms with Gasteiger partial charge in [0.25, 0.3) is 0 Å². The van der Waals surface area contributed by atoms with Gasteiger partial charge in [0.15, 0.2) is 0 Å². The van der Waals surface area contributed by atoms with Crippen LogP contribution in [0.5, 0.6) is 0 Å². The van der Waals surface area contributed by atoms with Gasteiger partial charge in [-0.3, -0.25) is 15.7 Å². The molecule has 0 aliphatic rings. The molecule has 0 amide bonds. The van der Waals surface area contributed by atoms with Crippen LogP contribution in [0.15, 0.2) is 0 Å². The Kier molecular flexibility index (Phi) is 16.4. The van der Waals surface area contributed by atoms with E-state index in [1.54, 1.807) is 12.1 Å². The minimum Gasteiger partial charge on any atom is -0.258 e. The van der Waals surface area contributed by atoms with Crippen LogP contribution in [0.1, 0.15) is 0 Å². The van der Waals surface area contributed by atoms with Gasteiger partial charge in [-0.1, -0.05) is 78.6 Å². The molecule has 0 saturated carbocycles. The van der Waals surface area contributed by atoms with Crippen molar-refractivity contribution in [3.05, 3.63) is 0 Å². The van der Waals surface area contributed by atoms with Crippen LogP contribution in [0.25, 0.3) is 0 Å².